The fourth-order valence-electron chi connectivity index (χ4n) is 2.65. The molecule has 1 aliphatic rings. The van der Waals surface area contributed by atoms with Gasteiger partial charge in [0.1, 0.15) is 5.75 Å². The van der Waals surface area contributed by atoms with E-state index in [9.17, 15) is 13.2 Å². The van der Waals surface area contributed by atoms with Gasteiger partial charge in [-0.1, -0.05) is 28.1 Å². The number of halogens is 1. The molecule has 1 amide bonds. The monoisotopic (exact) mass is 403 g/mol. The van der Waals surface area contributed by atoms with Gasteiger partial charge in [0.15, 0.2) is 9.84 Å². The van der Waals surface area contributed by atoms with E-state index in [2.05, 4.69) is 15.9 Å². The molecule has 23 heavy (non-hydrogen) atoms. The maximum atomic E-state index is 12.3. The number of ether oxygens (including phenoxy) is 1. The number of likely N-dealkylation sites (N-methyl/N-ethyl adjacent to an activating group) is 1. The van der Waals surface area contributed by atoms with Crippen molar-refractivity contribution >= 4 is 31.7 Å². The Kier molecular flexibility index (Phi) is 6.61. The lowest BCUT2D eigenvalue weighted by Gasteiger charge is -2.24. The summed E-state index contributed by atoms with van der Waals surface area (Å²) in [7, 11) is -3.49. The van der Waals surface area contributed by atoms with Crippen molar-refractivity contribution in [2.75, 3.05) is 25.4 Å². The largest absolute Gasteiger partial charge is 0.376 e. The summed E-state index contributed by atoms with van der Waals surface area (Å²) in [5, 5.41) is 0. The molecule has 0 radical (unpaired) electrons. The lowest BCUT2D eigenvalue weighted by Crippen LogP contribution is -2.40. The van der Waals surface area contributed by atoms with Crippen LogP contribution in [0.25, 0.3) is 0 Å². The van der Waals surface area contributed by atoms with Gasteiger partial charge >= 0.3 is 0 Å². The van der Waals surface area contributed by atoms with Gasteiger partial charge in [0, 0.05) is 24.2 Å². The van der Waals surface area contributed by atoms with Crippen LogP contribution in [-0.2, 0) is 25.1 Å². The second kappa shape index (κ2) is 8.26. The highest BCUT2D eigenvalue weighted by atomic mass is 79.9. The lowest BCUT2D eigenvalue weighted by molar-refractivity contribution is -0.129. The Morgan fingerprint density at radius 3 is 2.83 bits per heavy atom. The minimum atomic E-state index is -3.49. The van der Waals surface area contributed by atoms with Crippen molar-refractivity contribution in [3.05, 3.63) is 34.3 Å². The number of benzene rings is 1. The van der Waals surface area contributed by atoms with Crippen molar-refractivity contribution in [1.29, 1.82) is 0 Å². The Bertz CT molecular complexity index is 641. The summed E-state index contributed by atoms with van der Waals surface area (Å²) in [4.78, 5) is 13.9. The summed E-state index contributed by atoms with van der Waals surface area (Å²) in [6, 6.07) is 7.12. The van der Waals surface area contributed by atoms with E-state index in [1.165, 1.54) is 0 Å². The predicted octanol–water partition coefficient (Wildman–Crippen LogP) is 2.39. The molecular formula is C16H22BrNO4S. The Morgan fingerprint density at radius 1 is 1.43 bits per heavy atom. The predicted molar refractivity (Wildman–Crippen MR) is 92.9 cm³/mol. The molecule has 0 bridgehead atoms. The molecule has 1 atom stereocenters. The third kappa shape index (κ3) is 5.90. The maximum Gasteiger partial charge on any atom is 0.237 e. The Hall–Kier alpha value is -0.920. The van der Waals surface area contributed by atoms with Crippen molar-refractivity contribution in [3.63, 3.8) is 0 Å². The Labute approximate surface area is 146 Å². The van der Waals surface area contributed by atoms with Gasteiger partial charge in [-0.05, 0) is 37.5 Å². The molecular weight excluding hydrogens is 382 g/mol. The molecule has 0 aromatic heterocycles. The van der Waals surface area contributed by atoms with Crippen LogP contribution in [0.3, 0.4) is 0 Å². The van der Waals surface area contributed by atoms with E-state index in [0.29, 0.717) is 18.7 Å². The van der Waals surface area contributed by atoms with Gasteiger partial charge in [-0.15, -0.1) is 0 Å². The van der Waals surface area contributed by atoms with Crippen LogP contribution in [0.15, 0.2) is 28.7 Å². The summed E-state index contributed by atoms with van der Waals surface area (Å²) in [5.74, 6) is -0.937. The van der Waals surface area contributed by atoms with Gasteiger partial charge in [0.05, 0.1) is 11.9 Å². The third-order valence-corrected chi connectivity index (χ3v) is 5.75. The topological polar surface area (TPSA) is 63.7 Å². The first-order chi connectivity index (χ1) is 10.9. The van der Waals surface area contributed by atoms with Crippen LogP contribution in [0.2, 0.25) is 0 Å². The lowest BCUT2D eigenvalue weighted by atomic mass is 10.2. The second-order valence-corrected chi connectivity index (χ2v) is 8.71. The van der Waals surface area contributed by atoms with Gasteiger partial charge in [0.25, 0.3) is 0 Å². The number of carbonyl (C=O) groups is 1. The van der Waals surface area contributed by atoms with Gasteiger partial charge in [-0.2, -0.15) is 0 Å². The molecule has 1 heterocycles. The van der Waals surface area contributed by atoms with Crippen LogP contribution in [0.1, 0.15) is 25.3 Å². The Morgan fingerprint density at radius 2 is 2.22 bits per heavy atom. The second-order valence-electron chi connectivity index (χ2n) is 5.73. The van der Waals surface area contributed by atoms with E-state index in [1.807, 2.05) is 13.0 Å². The SMILES string of the molecule is CCN(CC1CCCO1)C(=O)CS(=O)(=O)Cc1cccc(Br)c1. The van der Waals surface area contributed by atoms with Crippen molar-refractivity contribution in [3.8, 4) is 0 Å². The molecule has 1 fully saturated rings. The van der Waals surface area contributed by atoms with E-state index in [-0.39, 0.29) is 17.8 Å². The summed E-state index contributed by atoms with van der Waals surface area (Å²) < 4.78 is 30.9. The molecule has 1 saturated heterocycles. The molecule has 128 valence electrons. The summed E-state index contributed by atoms with van der Waals surface area (Å²) >= 11 is 3.32. The van der Waals surface area contributed by atoms with Crippen LogP contribution < -0.4 is 0 Å². The number of rotatable bonds is 7. The van der Waals surface area contributed by atoms with E-state index in [1.54, 1.807) is 23.1 Å². The van der Waals surface area contributed by atoms with E-state index in [4.69, 9.17) is 4.74 Å². The van der Waals surface area contributed by atoms with Crippen molar-refractivity contribution in [1.82, 2.24) is 4.90 Å². The van der Waals surface area contributed by atoms with Gasteiger partial charge in [-0.3, -0.25) is 4.79 Å². The summed E-state index contributed by atoms with van der Waals surface area (Å²) in [6.45, 7) is 3.54. The van der Waals surface area contributed by atoms with Crippen LogP contribution >= 0.6 is 15.9 Å². The van der Waals surface area contributed by atoms with Crippen LogP contribution in [0.4, 0.5) is 0 Å². The molecule has 1 aromatic carbocycles. The third-order valence-electron chi connectivity index (χ3n) is 3.80. The highest BCUT2D eigenvalue weighted by molar-refractivity contribution is 9.10. The molecule has 1 aromatic rings. The first-order valence-corrected chi connectivity index (χ1v) is 10.4. The standard InChI is InChI=1S/C16H22BrNO4S/c1-2-18(10-15-7-4-8-22-15)16(19)12-23(20,21)11-13-5-3-6-14(17)9-13/h3,5-6,9,15H,2,4,7-8,10-12H2,1H3. The van der Waals surface area contributed by atoms with E-state index in [0.717, 1.165) is 23.9 Å². The minimum Gasteiger partial charge on any atom is -0.376 e. The number of carbonyl (C=O) groups excluding carboxylic acids is 1. The molecule has 7 heteroatoms. The van der Waals surface area contributed by atoms with Crippen LogP contribution in [0.5, 0.6) is 0 Å². The van der Waals surface area contributed by atoms with Crippen LogP contribution in [0, 0.1) is 0 Å². The normalized spacial score (nSPS) is 18.1. The highest BCUT2D eigenvalue weighted by Crippen LogP contribution is 2.16. The van der Waals surface area contributed by atoms with Gasteiger partial charge in [0.2, 0.25) is 5.91 Å². The number of sulfone groups is 1. The number of hydrogen-bond acceptors (Lipinski definition) is 4. The molecule has 1 unspecified atom stereocenters. The average molecular weight is 404 g/mol. The van der Waals surface area contributed by atoms with Crippen molar-refractivity contribution in [2.24, 2.45) is 0 Å². The summed E-state index contributed by atoms with van der Waals surface area (Å²) in [5.41, 5.74) is 0.675. The molecule has 0 aliphatic carbocycles. The summed E-state index contributed by atoms with van der Waals surface area (Å²) in [6.07, 6.45) is 1.96. The van der Waals surface area contributed by atoms with Crippen molar-refractivity contribution in [2.45, 2.75) is 31.6 Å². The van der Waals surface area contributed by atoms with Gasteiger partial charge in [-0.25, -0.2) is 8.42 Å². The molecule has 0 N–H and O–H groups in total. The quantitative estimate of drug-likeness (QED) is 0.700. The molecule has 0 spiro atoms. The first kappa shape index (κ1) is 18.4. The number of amides is 1. The molecule has 2 rings (SSSR count). The molecule has 0 saturated carbocycles. The van der Waals surface area contributed by atoms with E-state index >= 15 is 0 Å². The average Bonchev–Trinajstić information content (AvgIpc) is 2.96. The zero-order chi connectivity index (χ0) is 16.9. The minimum absolute atomic E-state index is 0.0340. The zero-order valence-corrected chi connectivity index (χ0v) is 15.6. The molecule has 5 nitrogen and oxygen atoms in total. The maximum absolute atomic E-state index is 12.3. The molecule has 1 aliphatic heterocycles. The Balaban J connectivity index is 1.95. The van der Waals surface area contributed by atoms with E-state index < -0.39 is 15.6 Å². The fourth-order valence-corrected chi connectivity index (χ4v) is 4.45. The number of hydrogen-bond donors (Lipinski definition) is 0. The smallest absolute Gasteiger partial charge is 0.237 e. The highest BCUT2D eigenvalue weighted by Gasteiger charge is 2.25. The van der Waals surface area contributed by atoms with Crippen LogP contribution in [-0.4, -0.2) is 50.8 Å². The number of nitrogens with zero attached hydrogens (tertiary/aromatic N) is 1. The zero-order valence-electron chi connectivity index (χ0n) is 13.2. The first-order valence-electron chi connectivity index (χ1n) is 7.74. The van der Waals surface area contributed by atoms with Gasteiger partial charge < -0.3 is 9.64 Å². The fraction of sp³-hybridized carbons (Fsp3) is 0.562. The van der Waals surface area contributed by atoms with Crippen molar-refractivity contribution < 1.29 is 17.9 Å².